The molecule has 1 aliphatic rings. The standard InChI is InChI=1S/C32H63NO11/c1-22(33-27(37)19-20-28(38)39)24(36)17-15-13-11-9-7-5-3-4-6-8-10-12-14-16-18-25(23(2)35)43-32-31(42)30(41)29(40)26(21-34)44-32/h22-27,29-37,40-42H,3-21H2,1-2H3,(H,38,39). The van der Waals surface area contributed by atoms with E-state index in [1.54, 1.807) is 13.8 Å². The number of hydrogen-bond acceptors (Lipinski definition) is 11. The fraction of sp³-hybridized carbons (Fsp3) is 0.969. The van der Waals surface area contributed by atoms with Gasteiger partial charge in [0.1, 0.15) is 30.6 Å². The molecule has 1 aliphatic heterocycles. The van der Waals surface area contributed by atoms with Crippen molar-refractivity contribution in [2.24, 2.45) is 0 Å². The van der Waals surface area contributed by atoms with Crippen LogP contribution >= 0.6 is 0 Å². The molecule has 0 aliphatic carbocycles. The maximum absolute atomic E-state index is 10.6. The van der Waals surface area contributed by atoms with Crippen LogP contribution in [0, 0.1) is 0 Å². The third kappa shape index (κ3) is 17.7. The molecular weight excluding hydrogens is 574 g/mol. The summed E-state index contributed by atoms with van der Waals surface area (Å²) in [7, 11) is 0. The van der Waals surface area contributed by atoms with Gasteiger partial charge in [-0.2, -0.15) is 0 Å². The van der Waals surface area contributed by atoms with Crippen molar-refractivity contribution in [3.8, 4) is 0 Å². The maximum Gasteiger partial charge on any atom is 0.303 e. The van der Waals surface area contributed by atoms with Crippen molar-refractivity contribution in [2.75, 3.05) is 6.61 Å². The summed E-state index contributed by atoms with van der Waals surface area (Å²) in [5.41, 5.74) is 0. The second-order valence-corrected chi connectivity index (χ2v) is 12.6. The Balaban J connectivity index is 1.98. The molecule has 10 atom stereocenters. The van der Waals surface area contributed by atoms with E-state index < -0.39 is 67.8 Å². The first kappa shape index (κ1) is 41.1. The van der Waals surface area contributed by atoms with Gasteiger partial charge in [0, 0.05) is 12.5 Å². The van der Waals surface area contributed by atoms with Gasteiger partial charge in [-0.15, -0.1) is 0 Å². The van der Waals surface area contributed by atoms with E-state index in [0.29, 0.717) is 12.8 Å². The van der Waals surface area contributed by atoms with E-state index in [4.69, 9.17) is 14.6 Å². The van der Waals surface area contributed by atoms with Gasteiger partial charge in [0.25, 0.3) is 0 Å². The van der Waals surface area contributed by atoms with Crippen LogP contribution in [0.4, 0.5) is 0 Å². The number of aliphatic hydroxyl groups excluding tert-OH is 7. The van der Waals surface area contributed by atoms with Crippen LogP contribution in [0.3, 0.4) is 0 Å². The van der Waals surface area contributed by atoms with Gasteiger partial charge < -0.3 is 50.3 Å². The molecule has 1 fully saturated rings. The third-order valence-electron chi connectivity index (χ3n) is 8.60. The number of carboxylic acid groups (broad SMARTS) is 1. The quantitative estimate of drug-likeness (QED) is 0.0469. The average molecular weight is 638 g/mol. The minimum Gasteiger partial charge on any atom is -0.481 e. The second-order valence-electron chi connectivity index (χ2n) is 12.6. The summed E-state index contributed by atoms with van der Waals surface area (Å²) in [4.78, 5) is 10.6. The van der Waals surface area contributed by atoms with Crippen LogP contribution in [0.1, 0.15) is 129 Å². The van der Waals surface area contributed by atoms with Crippen molar-refractivity contribution in [1.82, 2.24) is 5.32 Å². The minimum absolute atomic E-state index is 0.108. The van der Waals surface area contributed by atoms with Crippen LogP contribution in [0.5, 0.6) is 0 Å². The molecule has 1 heterocycles. The van der Waals surface area contributed by atoms with E-state index in [2.05, 4.69) is 5.32 Å². The van der Waals surface area contributed by atoms with Gasteiger partial charge in [-0.3, -0.25) is 10.1 Å². The molecule has 0 radical (unpaired) electrons. The zero-order valence-corrected chi connectivity index (χ0v) is 27.0. The molecule has 12 nitrogen and oxygen atoms in total. The van der Waals surface area contributed by atoms with Crippen LogP contribution in [-0.4, -0.2) is 115 Å². The van der Waals surface area contributed by atoms with Crippen LogP contribution < -0.4 is 5.32 Å². The molecule has 12 heteroatoms. The van der Waals surface area contributed by atoms with Crippen LogP contribution in [0.25, 0.3) is 0 Å². The van der Waals surface area contributed by atoms with E-state index in [1.165, 1.54) is 44.9 Å². The van der Waals surface area contributed by atoms with E-state index in [-0.39, 0.29) is 18.9 Å². The smallest absolute Gasteiger partial charge is 0.303 e. The Morgan fingerprint density at radius 3 is 1.66 bits per heavy atom. The Kier molecular flexibility index (Phi) is 22.7. The SMILES string of the molecule is CC(O)C(CCCCCCCCCCCCCCCCC(O)C(C)NC(O)CCC(=O)O)OC1OC(CO)C(O)C(O)C1O. The van der Waals surface area contributed by atoms with Crippen molar-refractivity contribution >= 4 is 5.97 Å². The normalized spacial score (nSPS) is 25.8. The van der Waals surface area contributed by atoms with Gasteiger partial charge in [0.15, 0.2) is 6.29 Å². The Labute approximate surface area is 263 Å². The van der Waals surface area contributed by atoms with Gasteiger partial charge in [-0.25, -0.2) is 0 Å². The number of rotatable bonds is 27. The van der Waals surface area contributed by atoms with Gasteiger partial charge in [-0.1, -0.05) is 89.9 Å². The van der Waals surface area contributed by atoms with Gasteiger partial charge >= 0.3 is 5.97 Å². The Bertz CT molecular complexity index is 714. The molecule has 0 aromatic rings. The predicted molar refractivity (Wildman–Crippen MR) is 166 cm³/mol. The van der Waals surface area contributed by atoms with E-state index in [9.17, 15) is 40.5 Å². The summed E-state index contributed by atoms with van der Waals surface area (Å²) in [5.74, 6) is -0.948. The number of aliphatic hydroxyl groups is 7. The van der Waals surface area contributed by atoms with E-state index >= 15 is 0 Å². The highest BCUT2D eigenvalue weighted by Crippen LogP contribution is 2.25. The molecule has 10 unspecified atom stereocenters. The molecule has 0 bridgehead atoms. The first-order valence-corrected chi connectivity index (χ1v) is 17.0. The monoisotopic (exact) mass is 637 g/mol. The number of aliphatic carboxylic acids is 1. The highest BCUT2D eigenvalue weighted by Gasteiger charge is 2.45. The summed E-state index contributed by atoms with van der Waals surface area (Å²) in [6.45, 7) is 2.88. The van der Waals surface area contributed by atoms with E-state index in [0.717, 1.165) is 44.9 Å². The number of carboxylic acids is 1. The van der Waals surface area contributed by atoms with Crippen molar-refractivity contribution in [1.29, 1.82) is 0 Å². The molecule has 0 aromatic heterocycles. The molecule has 1 rings (SSSR count). The first-order chi connectivity index (χ1) is 21.0. The molecule has 0 amide bonds. The number of hydrogen-bond donors (Lipinski definition) is 9. The fourth-order valence-electron chi connectivity index (χ4n) is 5.60. The molecule has 44 heavy (non-hydrogen) atoms. The summed E-state index contributed by atoms with van der Waals surface area (Å²) in [6.07, 6.45) is 7.55. The molecule has 0 spiro atoms. The Morgan fingerprint density at radius 2 is 1.20 bits per heavy atom. The molecular formula is C32H63NO11. The van der Waals surface area contributed by atoms with Gasteiger partial charge in [-0.05, 0) is 33.1 Å². The van der Waals surface area contributed by atoms with Crippen LogP contribution in [-0.2, 0) is 14.3 Å². The number of ether oxygens (including phenoxy) is 2. The van der Waals surface area contributed by atoms with Crippen molar-refractivity contribution in [3.63, 3.8) is 0 Å². The van der Waals surface area contributed by atoms with Gasteiger partial charge in [0.05, 0.1) is 24.9 Å². The first-order valence-electron chi connectivity index (χ1n) is 17.0. The minimum atomic E-state index is -1.50. The molecule has 1 saturated heterocycles. The number of unbranched alkanes of at least 4 members (excludes halogenated alkanes) is 13. The van der Waals surface area contributed by atoms with Crippen molar-refractivity contribution in [3.05, 3.63) is 0 Å². The molecule has 0 aromatic carbocycles. The lowest BCUT2D eigenvalue weighted by atomic mass is 9.99. The second kappa shape index (κ2) is 24.3. The Hall–Kier alpha value is -0.930. The largest absolute Gasteiger partial charge is 0.481 e. The summed E-state index contributed by atoms with van der Waals surface area (Å²) in [5, 5.41) is 81.1. The zero-order valence-electron chi connectivity index (χ0n) is 27.0. The van der Waals surface area contributed by atoms with Crippen LogP contribution in [0.2, 0.25) is 0 Å². The summed E-state index contributed by atoms with van der Waals surface area (Å²) < 4.78 is 11.1. The molecule has 262 valence electrons. The number of nitrogens with one attached hydrogen (secondary N) is 1. The predicted octanol–water partition coefficient (Wildman–Crippen LogP) is 2.32. The number of carbonyl (C=O) groups is 1. The molecule has 9 N–H and O–H groups in total. The fourth-order valence-corrected chi connectivity index (χ4v) is 5.60. The lowest BCUT2D eigenvalue weighted by molar-refractivity contribution is -0.317. The third-order valence-corrected chi connectivity index (χ3v) is 8.60. The maximum atomic E-state index is 10.6. The average Bonchev–Trinajstić information content (AvgIpc) is 2.98. The van der Waals surface area contributed by atoms with E-state index in [1.807, 2.05) is 0 Å². The lowest BCUT2D eigenvalue weighted by Crippen LogP contribution is -2.60. The highest BCUT2D eigenvalue weighted by atomic mass is 16.7. The highest BCUT2D eigenvalue weighted by molar-refractivity contribution is 5.66. The molecule has 0 saturated carbocycles. The summed E-state index contributed by atoms with van der Waals surface area (Å²) in [6, 6.07) is -0.283. The van der Waals surface area contributed by atoms with Crippen LogP contribution in [0.15, 0.2) is 0 Å². The lowest BCUT2D eigenvalue weighted by Gasteiger charge is -2.41. The Morgan fingerprint density at radius 1 is 0.727 bits per heavy atom. The van der Waals surface area contributed by atoms with Crippen molar-refractivity contribution < 1.29 is 55.1 Å². The zero-order chi connectivity index (χ0) is 32.9. The topological polar surface area (TPSA) is 209 Å². The van der Waals surface area contributed by atoms with Gasteiger partial charge in [0.2, 0.25) is 0 Å². The summed E-state index contributed by atoms with van der Waals surface area (Å²) >= 11 is 0. The van der Waals surface area contributed by atoms with Crippen molar-refractivity contribution in [2.45, 2.75) is 191 Å².